The fraction of sp³-hybridized carbons (Fsp3) is 0.200. The van der Waals surface area contributed by atoms with E-state index >= 15 is 0 Å². The smallest absolute Gasteiger partial charge is 0.320 e. The molecule has 0 spiro atoms. The second-order valence-electron chi connectivity index (χ2n) is 8.34. The van der Waals surface area contributed by atoms with Crippen molar-refractivity contribution in [3.8, 4) is 24.0 Å². The van der Waals surface area contributed by atoms with Gasteiger partial charge in [-0.15, -0.1) is 0 Å². The molecule has 0 amide bonds. The Labute approximate surface area is 211 Å². The molecule has 0 bridgehead atoms. The molecule has 6 heteroatoms. The average Bonchev–Trinajstić information content (AvgIpc) is 2.92. The SMILES string of the molecule is CCc1c(OCc2ccccc2)nc(OCc2ccccc2)nc1C(C#N)c1ccc(C)cc1C#N. The van der Waals surface area contributed by atoms with Crippen molar-refractivity contribution in [3.05, 3.63) is 118 Å². The van der Waals surface area contributed by atoms with Crippen molar-refractivity contribution in [2.45, 2.75) is 39.4 Å². The highest BCUT2D eigenvalue weighted by atomic mass is 16.5. The summed E-state index contributed by atoms with van der Waals surface area (Å²) in [5, 5.41) is 20.0. The molecule has 1 atom stereocenters. The van der Waals surface area contributed by atoms with Gasteiger partial charge in [-0.2, -0.15) is 20.5 Å². The van der Waals surface area contributed by atoms with Gasteiger partial charge in [0.25, 0.3) is 0 Å². The summed E-state index contributed by atoms with van der Waals surface area (Å²) >= 11 is 0. The first-order valence-corrected chi connectivity index (χ1v) is 11.8. The Hall–Kier alpha value is -4.68. The number of nitrogens with zero attached hydrogens (tertiary/aromatic N) is 4. The lowest BCUT2D eigenvalue weighted by atomic mass is 9.89. The number of nitriles is 2. The third kappa shape index (κ3) is 5.68. The van der Waals surface area contributed by atoms with Gasteiger partial charge in [-0.3, -0.25) is 0 Å². The van der Waals surface area contributed by atoms with Crippen LogP contribution < -0.4 is 9.47 Å². The van der Waals surface area contributed by atoms with Crippen molar-refractivity contribution in [1.82, 2.24) is 9.97 Å². The first kappa shape index (κ1) is 24.4. The predicted molar refractivity (Wildman–Crippen MR) is 136 cm³/mol. The highest BCUT2D eigenvalue weighted by Crippen LogP contribution is 2.34. The van der Waals surface area contributed by atoms with Gasteiger partial charge in [-0.25, -0.2) is 0 Å². The van der Waals surface area contributed by atoms with E-state index in [1.165, 1.54) is 0 Å². The molecule has 1 heterocycles. The van der Waals surface area contributed by atoms with Crippen molar-refractivity contribution in [2.75, 3.05) is 0 Å². The van der Waals surface area contributed by atoms with E-state index in [-0.39, 0.29) is 12.6 Å². The van der Waals surface area contributed by atoms with Gasteiger partial charge in [0.1, 0.15) is 19.1 Å². The van der Waals surface area contributed by atoms with Gasteiger partial charge in [-0.1, -0.05) is 79.7 Å². The van der Waals surface area contributed by atoms with Crippen molar-refractivity contribution >= 4 is 0 Å². The molecule has 4 aromatic rings. The average molecular weight is 475 g/mol. The van der Waals surface area contributed by atoms with Crippen molar-refractivity contribution < 1.29 is 9.47 Å². The van der Waals surface area contributed by atoms with Crippen LogP contribution >= 0.6 is 0 Å². The Morgan fingerprint density at radius 1 is 0.833 bits per heavy atom. The quantitative estimate of drug-likeness (QED) is 0.294. The van der Waals surface area contributed by atoms with Gasteiger partial charge in [0.15, 0.2) is 0 Å². The van der Waals surface area contributed by atoms with E-state index < -0.39 is 5.92 Å². The minimum Gasteiger partial charge on any atom is -0.472 e. The van der Waals surface area contributed by atoms with Crippen LogP contribution in [-0.4, -0.2) is 9.97 Å². The molecule has 0 radical (unpaired) electrons. The summed E-state index contributed by atoms with van der Waals surface area (Å²) in [5.74, 6) is -0.406. The minimum absolute atomic E-state index is 0.125. The topological polar surface area (TPSA) is 91.8 Å². The van der Waals surface area contributed by atoms with Gasteiger partial charge >= 0.3 is 6.01 Å². The summed E-state index contributed by atoms with van der Waals surface area (Å²) in [6, 6.07) is 29.7. The lowest BCUT2D eigenvalue weighted by Crippen LogP contribution is -2.13. The Morgan fingerprint density at radius 2 is 1.47 bits per heavy atom. The fourth-order valence-corrected chi connectivity index (χ4v) is 3.96. The van der Waals surface area contributed by atoms with Crippen LogP contribution in [-0.2, 0) is 19.6 Å². The molecule has 1 aromatic heterocycles. The summed E-state index contributed by atoms with van der Waals surface area (Å²) < 4.78 is 12.1. The molecule has 36 heavy (non-hydrogen) atoms. The van der Waals surface area contributed by atoms with Gasteiger partial charge < -0.3 is 9.47 Å². The van der Waals surface area contributed by atoms with Crippen LogP contribution in [0.1, 0.15) is 51.9 Å². The van der Waals surface area contributed by atoms with Gasteiger partial charge in [0.2, 0.25) is 5.88 Å². The molecular weight excluding hydrogens is 448 g/mol. The Morgan fingerprint density at radius 3 is 2.06 bits per heavy atom. The summed E-state index contributed by atoms with van der Waals surface area (Å²) in [4.78, 5) is 9.25. The Balaban J connectivity index is 1.77. The molecule has 0 aliphatic rings. The summed E-state index contributed by atoms with van der Waals surface area (Å²) in [7, 11) is 0. The lowest BCUT2D eigenvalue weighted by Gasteiger charge is -2.19. The van der Waals surface area contributed by atoms with E-state index in [0.29, 0.717) is 41.3 Å². The normalized spacial score (nSPS) is 11.2. The Kier molecular flexibility index (Phi) is 7.90. The summed E-state index contributed by atoms with van der Waals surface area (Å²) in [5.41, 5.74) is 5.16. The second-order valence-corrected chi connectivity index (χ2v) is 8.34. The van der Waals surface area contributed by atoms with Crippen molar-refractivity contribution in [2.24, 2.45) is 0 Å². The monoisotopic (exact) mass is 474 g/mol. The largest absolute Gasteiger partial charge is 0.472 e. The molecule has 0 saturated carbocycles. The molecule has 0 aliphatic carbocycles. The number of aromatic nitrogens is 2. The summed E-state index contributed by atoms with van der Waals surface area (Å²) in [6.45, 7) is 4.47. The van der Waals surface area contributed by atoms with Crippen LogP contribution in [0.3, 0.4) is 0 Å². The molecule has 1 unspecified atom stereocenters. The molecule has 0 fully saturated rings. The number of hydrogen-bond acceptors (Lipinski definition) is 6. The molecule has 0 saturated heterocycles. The van der Waals surface area contributed by atoms with Crippen LogP contribution in [0.4, 0.5) is 0 Å². The lowest BCUT2D eigenvalue weighted by molar-refractivity contribution is 0.255. The maximum atomic E-state index is 10.2. The first-order chi connectivity index (χ1) is 17.6. The number of ether oxygens (including phenoxy) is 2. The van der Waals surface area contributed by atoms with Crippen LogP contribution in [0.5, 0.6) is 11.9 Å². The van der Waals surface area contributed by atoms with Crippen LogP contribution in [0.25, 0.3) is 0 Å². The molecule has 3 aromatic carbocycles. The minimum atomic E-state index is -0.781. The molecule has 0 aliphatic heterocycles. The number of aryl methyl sites for hydroxylation is 1. The van der Waals surface area contributed by atoms with Gasteiger partial charge in [0.05, 0.1) is 23.4 Å². The van der Waals surface area contributed by atoms with E-state index in [4.69, 9.17) is 9.47 Å². The zero-order valence-corrected chi connectivity index (χ0v) is 20.3. The van der Waals surface area contributed by atoms with E-state index in [9.17, 15) is 10.5 Å². The second kappa shape index (κ2) is 11.6. The van der Waals surface area contributed by atoms with Crippen molar-refractivity contribution in [3.63, 3.8) is 0 Å². The fourth-order valence-electron chi connectivity index (χ4n) is 3.96. The maximum Gasteiger partial charge on any atom is 0.320 e. The zero-order chi connectivity index (χ0) is 25.3. The van der Waals surface area contributed by atoms with Gasteiger partial charge in [-0.05, 0) is 41.7 Å². The van der Waals surface area contributed by atoms with Crippen molar-refractivity contribution in [1.29, 1.82) is 10.5 Å². The molecule has 178 valence electrons. The van der Waals surface area contributed by atoms with Crippen LogP contribution in [0, 0.1) is 29.6 Å². The summed E-state index contributed by atoms with van der Waals surface area (Å²) in [6.07, 6.45) is 0.546. The molecule has 6 nitrogen and oxygen atoms in total. The highest BCUT2D eigenvalue weighted by molar-refractivity contribution is 5.50. The zero-order valence-electron chi connectivity index (χ0n) is 20.3. The number of benzene rings is 3. The molecule has 0 N–H and O–H groups in total. The van der Waals surface area contributed by atoms with E-state index in [0.717, 1.165) is 16.7 Å². The third-order valence-electron chi connectivity index (χ3n) is 5.81. The maximum absolute atomic E-state index is 10.2. The van der Waals surface area contributed by atoms with Crippen LogP contribution in [0.2, 0.25) is 0 Å². The number of rotatable bonds is 9. The third-order valence-corrected chi connectivity index (χ3v) is 5.81. The van der Waals surface area contributed by atoms with E-state index in [1.54, 1.807) is 6.07 Å². The first-order valence-electron chi connectivity index (χ1n) is 11.8. The Bertz CT molecular complexity index is 1410. The van der Waals surface area contributed by atoms with E-state index in [2.05, 4.69) is 22.1 Å². The van der Waals surface area contributed by atoms with E-state index in [1.807, 2.05) is 86.6 Å². The van der Waals surface area contributed by atoms with Crippen LogP contribution in [0.15, 0.2) is 78.9 Å². The molecular formula is C30H26N4O2. The standard InChI is InChI=1S/C30H26N4O2/c1-3-25-28(27(18-32)26-15-14-21(2)16-24(26)17-31)33-30(36-20-23-12-8-5-9-13-23)34-29(25)35-19-22-10-6-4-7-11-22/h4-16,27H,3,19-20H2,1-2H3. The highest BCUT2D eigenvalue weighted by Gasteiger charge is 2.26. The number of hydrogen-bond donors (Lipinski definition) is 0. The van der Waals surface area contributed by atoms with Gasteiger partial charge in [0, 0.05) is 5.56 Å². The molecule has 4 rings (SSSR count). The predicted octanol–water partition coefficient (Wildman–Crippen LogP) is 6.03.